The van der Waals surface area contributed by atoms with Gasteiger partial charge in [-0.15, -0.1) is 0 Å². The van der Waals surface area contributed by atoms with E-state index >= 15 is 0 Å². The topological polar surface area (TPSA) is 69.4 Å². The third-order valence-corrected chi connectivity index (χ3v) is 3.74. The van der Waals surface area contributed by atoms with Crippen molar-refractivity contribution in [1.29, 1.82) is 0 Å². The van der Waals surface area contributed by atoms with Crippen LogP contribution in [-0.4, -0.2) is 17.0 Å². The van der Waals surface area contributed by atoms with E-state index in [1.54, 1.807) is 0 Å². The highest BCUT2D eigenvalue weighted by molar-refractivity contribution is 5.90. The Morgan fingerprint density at radius 1 is 1.29 bits per heavy atom. The zero-order chi connectivity index (χ0) is 15.6. The molecule has 1 aliphatic carbocycles. The van der Waals surface area contributed by atoms with Gasteiger partial charge >= 0.3 is 11.7 Å². The van der Waals surface area contributed by atoms with Gasteiger partial charge < -0.3 is 4.74 Å². The van der Waals surface area contributed by atoms with E-state index in [1.165, 1.54) is 0 Å². The molecule has 2 unspecified atom stereocenters. The third-order valence-electron chi connectivity index (χ3n) is 3.74. The summed E-state index contributed by atoms with van der Waals surface area (Å²) in [7, 11) is 0. The minimum Gasteiger partial charge on any atom is -0.458 e. The Hall–Kier alpha value is -2.05. The molecule has 2 rings (SSSR count). The number of carbonyl (C=O) groups excluding carboxylic acids is 1. The molecular weight excluding hydrogens is 284 g/mol. The maximum atomic E-state index is 13.7. The molecule has 0 bridgehead atoms. The van der Waals surface area contributed by atoms with Crippen LogP contribution in [0.5, 0.6) is 0 Å². The van der Waals surface area contributed by atoms with Gasteiger partial charge in [-0.1, -0.05) is 13.3 Å². The van der Waals surface area contributed by atoms with E-state index in [2.05, 4.69) is 0 Å². The molecule has 0 N–H and O–H groups in total. The van der Waals surface area contributed by atoms with Crippen molar-refractivity contribution >= 4 is 11.7 Å². The first-order valence-corrected chi connectivity index (χ1v) is 6.74. The molecule has 0 aromatic heterocycles. The van der Waals surface area contributed by atoms with Gasteiger partial charge in [0.1, 0.15) is 11.9 Å². The van der Waals surface area contributed by atoms with Crippen LogP contribution in [0.4, 0.5) is 14.5 Å². The molecule has 1 aromatic rings. The van der Waals surface area contributed by atoms with Crippen LogP contribution in [0.25, 0.3) is 0 Å². The first-order chi connectivity index (χ1) is 9.90. The molecule has 5 nitrogen and oxygen atoms in total. The zero-order valence-electron chi connectivity index (χ0n) is 11.5. The number of hydrogen-bond donors (Lipinski definition) is 0. The predicted octanol–water partition coefficient (Wildman–Crippen LogP) is 3.61. The van der Waals surface area contributed by atoms with Gasteiger partial charge in [0.15, 0.2) is 0 Å². The van der Waals surface area contributed by atoms with Gasteiger partial charge in [0.05, 0.1) is 16.6 Å². The highest BCUT2D eigenvalue weighted by Gasteiger charge is 2.28. The summed E-state index contributed by atoms with van der Waals surface area (Å²) in [6, 6.07) is 0.916. The summed E-state index contributed by atoms with van der Waals surface area (Å²) >= 11 is 0. The van der Waals surface area contributed by atoms with Crippen LogP contribution < -0.4 is 0 Å². The summed E-state index contributed by atoms with van der Waals surface area (Å²) in [5.74, 6) is -3.24. The van der Waals surface area contributed by atoms with Crippen LogP contribution in [0.15, 0.2) is 12.1 Å². The summed E-state index contributed by atoms with van der Waals surface area (Å²) in [5.41, 5.74) is -1.62. The second-order valence-corrected chi connectivity index (χ2v) is 5.25. The van der Waals surface area contributed by atoms with Gasteiger partial charge in [0.25, 0.3) is 0 Å². The number of ether oxygens (including phenoxy) is 1. The van der Waals surface area contributed by atoms with Gasteiger partial charge in [-0.2, -0.15) is 4.39 Å². The van der Waals surface area contributed by atoms with E-state index in [0.29, 0.717) is 18.6 Å². The average molecular weight is 299 g/mol. The lowest BCUT2D eigenvalue weighted by Crippen LogP contribution is -2.28. The molecule has 0 radical (unpaired) electrons. The normalized spacial score (nSPS) is 21.9. The number of benzene rings is 1. The number of carbonyl (C=O) groups is 1. The number of rotatable bonds is 3. The predicted molar refractivity (Wildman–Crippen MR) is 69.8 cm³/mol. The fourth-order valence-corrected chi connectivity index (χ4v) is 2.49. The third kappa shape index (κ3) is 3.34. The number of hydrogen-bond acceptors (Lipinski definition) is 4. The minimum absolute atomic E-state index is 0.161. The quantitative estimate of drug-likeness (QED) is 0.485. The van der Waals surface area contributed by atoms with Gasteiger partial charge in [-0.25, -0.2) is 9.18 Å². The SMILES string of the molecule is CC1CCCCC1OC(=O)c1cc(F)c([N+](=O)[O-])cc1F. The standard InChI is InChI=1S/C14H15F2NO4/c1-8-4-2-3-5-13(8)21-14(18)9-6-11(16)12(17(19)20)7-10(9)15/h6-8,13H,2-5H2,1H3. The highest BCUT2D eigenvalue weighted by atomic mass is 19.1. The number of halogens is 2. The summed E-state index contributed by atoms with van der Waals surface area (Å²) in [6.07, 6.45) is 3.23. The maximum absolute atomic E-state index is 13.7. The lowest BCUT2D eigenvalue weighted by molar-refractivity contribution is -0.387. The Kier molecular flexibility index (Phi) is 4.50. The molecule has 7 heteroatoms. The summed E-state index contributed by atoms with van der Waals surface area (Å²) < 4.78 is 32.4. The van der Waals surface area contributed by atoms with Gasteiger partial charge in [0, 0.05) is 0 Å². The summed E-state index contributed by atoms with van der Waals surface area (Å²) in [5, 5.41) is 10.5. The van der Waals surface area contributed by atoms with Crippen molar-refractivity contribution in [3.05, 3.63) is 39.4 Å². The molecule has 0 saturated heterocycles. The molecule has 1 aliphatic rings. The van der Waals surface area contributed by atoms with E-state index in [9.17, 15) is 23.7 Å². The zero-order valence-corrected chi connectivity index (χ0v) is 11.5. The number of esters is 1. The molecular formula is C14H15F2NO4. The average Bonchev–Trinajstić information content (AvgIpc) is 2.43. The van der Waals surface area contributed by atoms with Crippen molar-refractivity contribution in [2.45, 2.75) is 38.7 Å². The number of nitro groups is 1. The van der Waals surface area contributed by atoms with E-state index in [-0.39, 0.29) is 12.0 Å². The van der Waals surface area contributed by atoms with Crippen molar-refractivity contribution in [3.63, 3.8) is 0 Å². The fraction of sp³-hybridized carbons (Fsp3) is 0.500. The van der Waals surface area contributed by atoms with Crippen LogP contribution in [0, 0.1) is 27.7 Å². The first-order valence-electron chi connectivity index (χ1n) is 6.74. The van der Waals surface area contributed by atoms with E-state index < -0.39 is 33.8 Å². The second-order valence-electron chi connectivity index (χ2n) is 5.25. The lowest BCUT2D eigenvalue weighted by Gasteiger charge is -2.28. The Morgan fingerprint density at radius 3 is 2.57 bits per heavy atom. The van der Waals surface area contributed by atoms with E-state index in [1.807, 2.05) is 6.92 Å². The Balaban J connectivity index is 2.19. The molecule has 21 heavy (non-hydrogen) atoms. The van der Waals surface area contributed by atoms with Crippen molar-refractivity contribution in [1.82, 2.24) is 0 Å². The van der Waals surface area contributed by atoms with E-state index in [4.69, 9.17) is 4.74 Å². The Morgan fingerprint density at radius 2 is 1.95 bits per heavy atom. The molecule has 2 atom stereocenters. The van der Waals surface area contributed by atoms with Crippen molar-refractivity contribution in [2.24, 2.45) is 5.92 Å². The van der Waals surface area contributed by atoms with Crippen LogP contribution in [0.1, 0.15) is 43.0 Å². The second kappa shape index (κ2) is 6.15. The van der Waals surface area contributed by atoms with Crippen LogP contribution in [-0.2, 0) is 4.74 Å². The molecule has 1 aromatic carbocycles. The molecule has 0 spiro atoms. The highest BCUT2D eigenvalue weighted by Crippen LogP contribution is 2.28. The summed E-state index contributed by atoms with van der Waals surface area (Å²) in [4.78, 5) is 21.4. The van der Waals surface area contributed by atoms with Gasteiger partial charge in [-0.3, -0.25) is 10.1 Å². The van der Waals surface area contributed by atoms with Gasteiger partial charge in [0.2, 0.25) is 5.82 Å². The van der Waals surface area contributed by atoms with E-state index in [0.717, 1.165) is 19.3 Å². The Bertz CT molecular complexity index is 576. The van der Waals surface area contributed by atoms with Crippen molar-refractivity contribution < 1.29 is 23.2 Å². The monoisotopic (exact) mass is 299 g/mol. The molecule has 1 fully saturated rings. The number of nitrogens with zero attached hydrogens (tertiary/aromatic N) is 1. The summed E-state index contributed by atoms with van der Waals surface area (Å²) in [6.45, 7) is 1.93. The van der Waals surface area contributed by atoms with Crippen LogP contribution >= 0.6 is 0 Å². The van der Waals surface area contributed by atoms with Crippen molar-refractivity contribution in [2.75, 3.05) is 0 Å². The molecule has 0 aliphatic heterocycles. The molecule has 114 valence electrons. The fourth-order valence-electron chi connectivity index (χ4n) is 2.49. The first kappa shape index (κ1) is 15.3. The van der Waals surface area contributed by atoms with Gasteiger partial charge in [-0.05, 0) is 31.2 Å². The lowest BCUT2D eigenvalue weighted by atomic mass is 9.88. The largest absolute Gasteiger partial charge is 0.458 e. The maximum Gasteiger partial charge on any atom is 0.341 e. The molecule has 0 amide bonds. The number of nitro benzene ring substituents is 1. The molecule has 1 saturated carbocycles. The Labute approximate surface area is 120 Å². The van der Waals surface area contributed by atoms with Crippen LogP contribution in [0.2, 0.25) is 0 Å². The van der Waals surface area contributed by atoms with Crippen molar-refractivity contribution in [3.8, 4) is 0 Å². The van der Waals surface area contributed by atoms with Crippen LogP contribution in [0.3, 0.4) is 0 Å². The molecule has 0 heterocycles. The smallest absolute Gasteiger partial charge is 0.341 e. The minimum atomic E-state index is -1.26.